The van der Waals surface area contributed by atoms with Gasteiger partial charge in [-0.2, -0.15) is 0 Å². The summed E-state index contributed by atoms with van der Waals surface area (Å²) in [6.07, 6.45) is 4.98. The fourth-order valence-electron chi connectivity index (χ4n) is 3.95. The number of hydrogen-bond donors (Lipinski definition) is 1. The van der Waals surface area contributed by atoms with Crippen LogP contribution in [0.15, 0.2) is 12.1 Å². The standard InChI is InChI=1S/C15H18FN5/c1-8-12(16)6-11(7-13(8)17)15-18-19-20-21(15)14-5-9-2-3-10(14)4-9/h6-7,9-10,14H,2-5,17H2,1H3. The third kappa shape index (κ3) is 1.92. The van der Waals surface area contributed by atoms with Crippen molar-refractivity contribution in [2.45, 2.75) is 38.6 Å². The molecule has 2 fully saturated rings. The summed E-state index contributed by atoms with van der Waals surface area (Å²) in [4.78, 5) is 0. The van der Waals surface area contributed by atoms with Crippen molar-refractivity contribution in [1.29, 1.82) is 0 Å². The molecule has 1 aromatic carbocycles. The van der Waals surface area contributed by atoms with Gasteiger partial charge in [0.25, 0.3) is 0 Å². The molecular weight excluding hydrogens is 269 g/mol. The topological polar surface area (TPSA) is 69.6 Å². The van der Waals surface area contributed by atoms with E-state index in [1.54, 1.807) is 13.0 Å². The SMILES string of the molecule is Cc1c(N)cc(-c2nnnn2C2CC3CCC2C3)cc1F. The van der Waals surface area contributed by atoms with E-state index in [1.165, 1.54) is 25.3 Å². The van der Waals surface area contributed by atoms with E-state index in [0.717, 1.165) is 12.3 Å². The quantitative estimate of drug-likeness (QED) is 0.862. The van der Waals surface area contributed by atoms with E-state index in [-0.39, 0.29) is 5.82 Å². The maximum absolute atomic E-state index is 13.9. The molecule has 2 aromatic rings. The first-order chi connectivity index (χ1) is 10.1. The van der Waals surface area contributed by atoms with Gasteiger partial charge in [0.05, 0.1) is 6.04 Å². The predicted octanol–water partition coefficient (Wildman–Crippen LogP) is 2.73. The molecule has 2 N–H and O–H groups in total. The Hall–Kier alpha value is -1.98. The molecule has 1 heterocycles. The van der Waals surface area contributed by atoms with Crippen LogP contribution in [0, 0.1) is 24.6 Å². The van der Waals surface area contributed by atoms with Gasteiger partial charge in [-0.1, -0.05) is 6.42 Å². The Morgan fingerprint density at radius 3 is 2.81 bits per heavy atom. The lowest BCUT2D eigenvalue weighted by Gasteiger charge is -2.22. The number of halogens is 1. The van der Waals surface area contributed by atoms with Crippen LogP contribution < -0.4 is 5.73 Å². The van der Waals surface area contributed by atoms with E-state index in [4.69, 9.17) is 5.73 Å². The number of aromatic nitrogens is 4. The summed E-state index contributed by atoms with van der Waals surface area (Å²) in [7, 11) is 0. The maximum Gasteiger partial charge on any atom is 0.182 e. The monoisotopic (exact) mass is 287 g/mol. The Labute approximate surface area is 122 Å². The Bertz CT molecular complexity index is 672. The molecule has 0 spiro atoms. The minimum atomic E-state index is -0.313. The number of hydrogen-bond acceptors (Lipinski definition) is 4. The molecule has 2 aliphatic rings. The van der Waals surface area contributed by atoms with Crippen LogP contribution in [0.4, 0.5) is 10.1 Å². The third-order valence-corrected chi connectivity index (χ3v) is 5.15. The molecule has 5 nitrogen and oxygen atoms in total. The summed E-state index contributed by atoms with van der Waals surface area (Å²) in [5, 5.41) is 12.1. The van der Waals surface area contributed by atoms with Gasteiger partial charge in [0.2, 0.25) is 0 Å². The zero-order valence-electron chi connectivity index (χ0n) is 12.0. The normalized spacial score (nSPS) is 27.4. The van der Waals surface area contributed by atoms with Gasteiger partial charge in [-0.15, -0.1) is 5.10 Å². The molecule has 3 atom stereocenters. The molecule has 21 heavy (non-hydrogen) atoms. The largest absolute Gasteiger partial charge is 0.398 e. The van der Waals surface area contributed by atoms with Gasteiger partial charge >= 0.3 is 0 Å². The number of rotatable bonds is 2. The Morgan fingerprint density at radius 1 is 1.29 bits per heavy atom. The summed E-state index contributed by atoms with van der Waals surface area (Å²) >= 11 is 0. The van der Waals surface area contributed by atoms with Gasteiger partial charge in [-0.3, -0.25) is 0 Å². The fraction of sp³-hybridized carbons (Fsp3) is 0.533. The number of benzene rings is 1. The highest BCUT2D eigenvalue weighted by molar-refractivity contribution is 5.64. The van der Waals surface area contributed by atoms with Crippen molar-refractivity contribution in [3.8, 4) is 11.4 Å². The smallest absolute Gasteiger partial charge is 0.182 e. The van der Waals surface area contributed by atoms with E-state index in [0.29, 0.717) is 34.6 Å². The molecular formula is C15H18FN5. The highest BCUT2D eigenvalue weighted by Crippen LogP contribution is 2.51. The van der Waals surface area contributed by atoms with E-state index < -0.39 is 0 Å². The molecule has 0 aliphatic heterocycles. The van der Waals surface area contributed by atoms with Gasteiger partial charge in [0, 0.05) is 16.8 Å². The first-order valence-electron chi connectivity index (χ1n) is 7.47. The number of nitrogens with two attached hydrogens (primary N) is 1. The Balaban J connectivity index is 1.76. The second kappa shape index (κ2) is 4.51. The highest BCUT2D eigenvalue weighted by atomic mass is 19.1. The number of nitrogens with zero attached hydrogens (tertiary/aromatic N) is 4. The van der Waals surface area contributed by atoms with Crippen molar-refractivity contribution in [3.63, 3.8) is 0 Å². The summed E-state index contributed by atoms with van der Waals surface area (Å²) < 4.78 is 15.8. The minimum Gasteiger partial charge on any atom is -0.398 e. The van der Waals surface area contributed by atoms with E-state index >= 15 is 0 Å². The van der Waals surface area contributed by atoms with E-state index in [9.17, 15) is 4.39 Å². The van der Waals surface area contributed by atoms with Gasteiger partial charge in [-0.25, -0.2) is 9.07 Å². The first kappa shape index (κ1) is 12.7. The zero-order valence-corrected chi connectivity index (χ0v) is 12.0. The Morgan fingerprint density at radius 2 is 2.14 bits per heavy atom. The molecule has 0 radical (unpaired) electrons. The van der Waals surface area contributed by atoms with Gasteiger partial charge in [-0.05, 0) is 60.6 Å². The molecule has 1 aromatic heterocycles. The number of anilines is 1. The molecule has 0 saturated heterocycles. The van der Waals surface area contributed by atoms with Crippen molar-refractivity contribution < 1.29 is 4.39 Å². The van der Waals surface area contributed by atoms with Crippen LogP contribution >= 0.6 is 0 Å². The predicted molar refractivity (Wildman–Crippen MR) is 76.8 cm³/mol. The lowest BCUT2D eigenvalue weighted by atomic mass is 9.95. The van der Waals surface area contributed by atoms with Crippen LogP contribution in [0.3, 0.4) is 0 Å². The van der Waals surface area contributed by atoms with Crippen LogP contribution in [-0.2, 0) is 0 Å². The van der Waals surface area contributed by atoms with Crippen molar-refractivity contribution in [1.82, 2.24) is 20.2 Å². The Kier molecular flexibility index (Phi) is 2.74. The molecule has 2 saturated carbocycles. The summed E-state index contributed by atoms with van der Waals surface area (Å²) in [5.74, 6) is 1.77. The van der Waals surface area contributed by atoms with Crippen LogP contribution in [0.25, 0.3) is 11.4 Å². The first-order valence-corrected chi connectivity index (χ1v) is 7.47. The second-order valence-corrected chi connectivity index (χ2v) is 6.36. The second-order valence-electron chi connectivity index (χ2n) is 6.36. The molecule has 0 amide bonds. The fourth-order valence-corrected chi connectivity index (χ4v) is 3.95. The molecule has 6 heteroatoms. The van der Waals surface area contributed by atoms with Crippen molar-refractivity contribution >= 4 is 5.69 Å². The minimum absolute atomic E-state index is 0.313. The number of fused-ring (bicyclic) bond motifs is 2. The van der Waals surface area contributed by atoms with Crippen LogP contribution in [0.1, 0.15) is 37.3 Å². The van der Waals surface area contributed by atoms with Crippen molar-refractivity contribution in [2.75, 3.05) is 5.73 Å². The zero-order chi connectivity index (χ0) is 14.6. The van der Waals surface area contributed by atoms with E-state index in [1.807, 2.05) is 4.68 Å². The molecule has 2 bridgehead atoms. The van der Waals surface area contributed by atoms with E-state index in [2.05, 4.69) is 15.5 Å². The van der Waals surface area contributed by atoms with Gasteiger partial charge in [0.15, 0.2) is 5.82 Å². The van der Waals surface area contributed by atoms with Crippen LogP contribution in [0.5, 0.6) is 0 Å². The van der Waals surface area contributed by atoms with Gasteiger partial charge in [0.1, 0.15) is 5.82 Å². The van der Waals surface area contributed by atoms with Crippen molar-refractivity contribution in [2.24, 2.45) is 11.8 Å². The number of nitrogen functional groups attached to an aromatic ring is 1. The molecule has 4 rings (SSSR count). The van der Waals surface area contributed by atoms with Crippen LogP contribution in [-0.4, -0.2) is 20.2 Å². The summed E-state index contributed by atoms with van der Waals surface area (Å²) in [5.41, 5.74) is 7.44. The summed E-state index contributed by atoms with van der Waals surface area (Å²) in [6, 6.07) is 3.58. The summed E-state index contributed by atoms with van der Waals surface area (Å²) in [6.45, 7) is 1.67. The highest BCUT2D eigenvalue weighted by Gasteiger charge is 2.42. The molecule has 3 unspecified atom stereocenters. The van der Waals surface area contributed by atoms with Crippen molar-refractivity contribution in [3.05, 3.63) is 23.5 Å². The van der Waals surface area contributed by atoms with Gasteiger partial charge < -0.3 is 5.73 Å². The number of tetrazole rings is 1. The maximum atomic E-state index is 13.9. The lowest BCUT2D eigenvalue weighted by Crippen LogP contribution is -2.18. The average Bonchev–Trinajstić information content (AvgIpc) is 3.18. The lowest BCUT2D eigenvalue weighted by molar-refractivity contribution is 0.304. The van der Waals surface area contributed by atoms with Crippen LogP contribution in [0.2, 0.25) is 0 Å². The third-order valence-electron chi connectivity index (χ3n) is 5.15. The molecule has 110 valence electrons. The molecule has 2 aliphatic carbocycles. The average molecular weight is 287 g/mol.